The standard InChI is InChI=1S/C16H13NO2S/c1-10-11(2)20-16(17-10)13-5-3-4-12(8-13)15-7-6-14(9-18)19-15/h3-9H,1-2H3. The van der Waals surface area contributed by atoms with Gasteiger partial charge < -0.3 is 4.42 Å². The largest absolute Gasteiger partial charge is 0.453 e. The maximum atomic E-state index is 10.7. The molecule has 2 heterocycles. The molecule has 20 heavy (non-hydrogen) atoms. The van der Waals surface area contributed by atoms with Gasteiger partial charge in [-0.05, 0) is 32.0 Å². The summed E-state index contributed by atoms with van der Waals surface area (Å²) in [6.45, 7) is 4.09. The Morgan fingerprint density at radius 1 is 1.15 bits per heavy atom. The maximum Gasteiger partial charge on any atom is 0.185 e. The molecule has 0 aliphatic heterocycles. The Labute approximate surface area is 120 Å². The SMILES string of the molecule is Cc1nc(-c2cccc(-c3ccc(C=O)o3)c2)sc1C. The van der Waals surface area contributed by atoms with Crippen molar-refractivity contribution in [2.24, 2.45) is 0 Å². The Kier molecular flexibility index (Phi) is 3.24. The first kappa shape index (κ1) is 12.8. The average Bonchev–Trinajstić information content (AvgIpc) is 3.07. The molecule has 0 amide bonds. The number of aldehydes is 1. The predicted octanol–water partition coefficient (Wildman–Crippen LogP) is 4.50. The second-order valence-corrected chi connectivity index (χ2v) is 5.76. The van der Waals surface area contributed by atoms with E-state index in [9.17, 15) is 4.79 Å². The fourth-order valence-corrected chi connectivity index (χ4v) is 2.88. The number of carbonyl (C=O) groups is 1. The van der Waals surface area contributed by atoms with Gasteiger partial charge in [0.1, 0.15) is 10.8 Å². The highest BCUT2D eigenvalue weighted by molar-refractivity contribution is 7.15. The van der Waals surface area contributed by atoms with Crippen LogP contribution in [-0.2, 0) is 0 Å². The first-order valence-corrected chi connectivity index (χ1v) is 7.09. The lowest BCUT2D eigenvalue weighted by Crippen LogP contribution is -1.80. The molecule has 0 saturated heterocycles. The number of thiazole rings is 1. The maximum absolute atomic E-state index is 10.7. The summed E-state index contributed by atoms with van der Waals surface area (Å²) in [7, 11) is 0. The van der Waals surface area contributed by atoms with Gasteiger partial charge >= 0.3 is 0 Å². The minimum absolute atomic E-state index is 0.339. The predicted molar refractivity (Wildman–Crippen MR) is 80.1 cm³/mol. The Morgan fingerprint density at radius 2 is 1.95 bits per heavy atom. The Morgan fingerprint density at radius 3 is 2.60 bits per heavy atom. The normalized spacial score (nSPS) is 10.7. The number of benzene rings is 1. The summed E-state index contributed by atoms with van der Waals surface area (Å²) in [5, 5.41) is 1.00. The van der Waals surface area contributed by atoms with Gasteiger partial charge in [0, 0.05) is 16.0 Å². The highest BCUT2D eigenvalue weighted by Gasteiger charge is 2.09. The topological polar surface area (TPSA) is 43.1 Å². The average molecular weight is 283 g/mol. The highest BCUT2D eigenvalue weighted by atomic mass is 32.1. The van der Waals surface area contributed by atoms with Crippen LogP contribution >= 0.6 is 11.3 Å². The Hall–Kier alpha value is -2.20. The zero-order valence-corrected chi connectivity index (χ0v) is 12.0. The third kappa shape index (κ3) is 2.30. The molecule has 0 spiro atoms. The molecular weight excluding hydrogens is 270 g/mol. The third-order valence-electron chi connectivity index (χ3n) is 3.17. The molecule has 0 fully saturated rings. The number of nitrogens with zero attached hydrogens (tertiary/aromatic N) is 1. The van der Waals surface area contributed by atoms with Gasteiger partial charge in [0.05, 0.1) is 5.69 Å². The molecule has 3 aromatic rings. The van der Waals surface area contributed by atoms with E-state index in [1.165, 1.54) is 4.88 Å². The lowest BCUT2D eigenvalue weighted by Gasteiger charge is -2.00. The summed E-state index contributed by atoms with van der Waals surface area (Å²) in [4.78, 5) is 16.5. The monoisotopic (exact) mass is 283 g/mol. The second-order valence-electron chi connectivity index (χ2n) is 4.56. The zero-order valence-electron chi connectivity index (χ0n) is 11.2. The number of carbonyl (C=O) groups excluding carboxylic acids is 1. The molecule has 0 atom stereocenters. The Bertz CT molecular complexity index is 751. The number of aryl methyl sites for hydroxylation is 2. The Balaban J connectivity index is 2.03. The number of hydrogen-bond donors (Lipinski definition) is 0. The van der Waals surface area contributed by atoms with Gasteiger partial charge in [-0.1, -0.05) is 18.2 Å². The van der Waals surface area contributed by atoms with Crippen LogP contribution in [0.3, 0.4) is 0 Å². The van der Waals surface area contributed by atoms with Crippen LogP contribution in [0.5, 0.6) is 0 Å². The van der Waals surface area contributed by atoms with Crippen molar-refractivity contribution in [1.29, 1.82) is 0 Å². The molecule has 0 aliphatic rings. The molecular formula is C16H13NO2S. The van der Waals surface area contributed by atoms with Gasteiger partial charge in [0.25, 0.3) is 0 Å². The molecule has 0 aliphatic carbocycles. The summed E-state index contributed by atoms with van der Waals surface area (Å²) >= 11 is 1.68. The van der Waals surface area contributed by atoms with Crippen LogP contribution in [0.25, 0.3) is 21.9 Å². The minimum atomic E-state index is 0.339. The summed E-state index contributed by atoms with van der Waals surface area (Å²) in [5.74, 6) is 1.03. The molecule has 0 bridgehead atoms. The third-order valence-corrected chi connectivity index (χ3v) is 4.29. The van der Waals surface area contributed by atoms with E-state index < -0.39 is 0 Å². The first-order chi connectivity index (χ1) is 9.67. The minimum Gasteiger partial charge on any atom is -0.453 e. The van der Waals surface area contributed by atoms with Gasteiger partial charge in [-0.2, -0.15) is 0 Å². The van der Waals surface area contributed by atoms with Crippen LogP contribution in [0.2, 0.25) is 0 Å². The van der Waals surface area contributed by atoms with Crippen LogP contribution < -0.4 is 0 Å². The van der Waals surface area contributed by atoms with Gasteiger partial charge in [-0.25, -0.2) is 4.98 Å². The van der Waals surface area contributed by atoms with E-state index >= 15 is 0 Å². The van der Waals surface area contributed by atoms with E-state index in [4.69, 9.17) is 4.42 Å². The molecule has 4 heteroatoms. The zero-order chi connectivity index (χ0) is 14.1. The number of hydrogen-bond acceptors (Lipinski definition) is 4. The second kappa shape index (κ2) is 5.06. The van der Waals surface area contributed by atoms with E-state index in [1.54, 1.807) is 23.5 Å². The van der Waals surface area contributed by atoms with Crippen molar-refractivity contribution in [3.05, 3.63) is 52.7 Å². The van der Waals surface area contributed by atoms with E-state index in [1.807, 2.05) is 31.2 Å². The summed E-state index contributed by atoms with van der Waals surface area (Å²) in [5.41, 5.74) is 3.07. The molecule has 0 saturated carbocycles. The van der Waals surface area contributed by atoms with E-state index in [-0.39, 0.29) is 0 Å². The summed E-state index contributed by atoms with van der Waals surface area (Å²) in [6.07, 6.45) is 0.709. The lowest BCUT2D eigenvalue weighted by molar-refractivity contribution is 0.110. The van der Waals surface area contributed by atoms with Crippen LogP contribution in [0.15, 0.2) is 40.8 Å². The van der Waals surface area contributed by atoms with Crippen LogP contribution in [0.1, 0.15) is 21.1 Å². The summed E-state index contributed by atoms with van der Waals surface area (Å²) < 4.78 is 5.45. The van der Waals surface area contributed by atoms with Gasteiger partial charge in [0.2, 0.25) is 0 Å². The summed E-state index contributed by atoms with van der Waals surface area (Å²) in [6, 6.07) is 11.5. The van der Waals surface area contributed by atoms with E-state index in [0.717, 1.165) is 21.8 Å². The number of rotatable bonds is 3. The van der Waals surface area contributed by atoms with Crippen molar-refractivity contribution in [1.82, 2.24) is 4.98 Å². The fraction of sp³-hybridized carbons (Fsp3) is 0.125. The molecule has 100 valence electrons. The molecule has 0 unspecified atom stereocenters. The molecule has 3 nitrogen and oxygen atoms in total. The first-order valence-electron chi connectivity index (χ1n) is 6.27. The quantitative estimate of drug-likeness (QED) is 0.665. The van der Waals surface area contributed by atoms with Crippen molar-refractivity contribution in [2.75, 3.05) is 0 Å². The molecule has 1 aromatic carbocycles. The van der Waals surface area contributed by atoms with Crippen molar-refractivity contribution in [3.8, 4) is 21.9 Å². The van der Waals surface area contributed by atoms with Crippen LogP contribution in [0.4, 0.5) is 0 Å². The molecule has 0 N–H and O–H groups in total. The van der Waals surface area contributed by atoms with Gasteiger partial charge in [-0.15, -0.1) is 11.3 Å². The van der Waals surface area contributed by atoms with Crippen molar-refractivity contribution in [3.63, 3.8) is 0 Å². The molecule has 0 radical (unpaired) electrons. The highest BCUT2D eigenvalue weighted by Crippen LogP contribution is 2.31. The molecule has 2 aromatic heterocycles. The van der Waals surface area contributed by atoms with Gasteiger partial charge in [-0.3, -0.25) is 4.79 Å². The van der Waals surface area contributed by atoms with Gasteiger partial charge in [0.15, 0.2) is 12.0 Å². The van der Waals surface area contributed by atoms with Crippen molar-refractivity contribution < 1.29 is 9.21 Å². The van der Waals surface area contributed by atoms with Crippen LogP contribution in [-0.4, -0.2) is 11.3 Å². The smallest absolute Gasteiger partial charge is 0.185 e. The van der Waals surface area contributed by atoms with E-state index in [2.05, 4.69) is 11.9 Å². The van der Waals surface area contributed by atoms with Crippen molar-refractivity contribution in [2.45, 2.75) is 13.8 Å². The lowest BCUT2D eigenvalue weighted by atomic mass is 10.1. The van der Waals surface area contributed by atoms with Crippen LogP contribution in [0, 0.1) is 13.8 Å². The molecule has 3 rings (SSSR count). The fourth-order valence-electron chi connectivity index (χ4n) is 1.97. The number of aromatic nitrogens is 1. The van der Waals surface area contributed by atoms with Crippen molar-refractivity contribution >= 4 is 17.6 Å². The number of furan rings is 1. The van der Waals surface area contributed by atoms with E-state index in [0.29, 0.717) is 17.8 Å².